The maximum Gasteiger partial charge on any atom is 0.189 e. The molecule has 0 aliphatic heterocycles. The maximum atomic E-state index is 12.3. The van der Waals surface area contributed by atoms with E-state index in [4.69, 9.17) is 0 Å². The first-order chi connectivity index (χ1) is 11.5. The highest BCUT2D eigenvalue weighted by molar-refractivity contribution is 5.82. The van der Waals surface area contributed by atoms with Crippen LogP contribution in [-0.2, 0) is 6.54 Å². The van der Waals surface area contributed by atoms with E-state index >= 15 is 0 Å². The number of nitrogens with zero attached hydrogens (tertiary/aromatic N) is 1. The zero-order valence-electron chi connectivity index (χ0n) is 13.8. The Kier molecular flexibility index (Phi) is 4.74. The third-order valence-electron chi connectivity index (χ3n) is 4.02. The van der Waals surface area contributed by atoms with Crippen LogP contribution in [0, 0.1) is 13.8 Å². The average Bonchev–Trinajstić information content (AvgIpc) is 2.57. The first-order valence-corrected chi connectivity index (χ1v) is 7.97. The fourth-order valence-corrected chi connectivity index (χ4v) is 2.88. The number of benzene rings is 1. The number of aromatic nitrogens is 2. The molecule has 24 heavy (non-hydrogen) atoms. The summed E-state index contributed by atoms with van der Waals surface area (Å²) in [4.78, 5) is 19.8. The van der Waals surface area contributed by atoms with E-state index in [0.717, 1.165) is 22.3 Å². The SMILES string of the molecule is Cc1cc(C)c2[nH]c(CNCC(O)c3ccccn3)cc(=O)c2c1. The molecule has 5 heteroatoms. The molecule has 2 aromatic heterocycles. The highest BCUT2D eigenvalue weighted by Crippen LogP contribution is 2.16. The number of nitrogens with one attached hydrogen (secondary N) is 2. The molecule has 5 nitrogen and oxygen atoms in total. The third kappa shape index (κ3) is 3.53. The van der Waals surface area contributed by atoms with Gasteiger partial charge in [-0.1, -0.05) is 12.1 Å². The number of hydrogen-bond acceptors (Lipinski definition) is 4. The van der Waals surface area contributed by atoms with Gasteiger partial charge in [-0.05, 0) is 43.2 Å². The Bertz CT molecular complexity index is 904. The van der Waals surface area contributed by atoms with Gasteiger partial charge in [0.05, 0.1) is 11.2 Å². The molecule has 1 aromatic carbocycles. The van der Waals surface area contributed by atoms with Gasteiger partial charge in [-0.15, -0.1) is 0 Å². The van der Waals surface area contributed by atoms with E-state index < -0.39 is 6.10 Å². The van der Waals surface area contributed by atoms with Gasteiger partial charge in [-0.2, -0.15) is 0 Å². The van der Waals surface area contributed by atoms with Crippen LogP contribution in [0.1, 0.15) is 28.6 Å². The van der Waals surface area contributed by atoms with Crippen LogP contribution < -0.4 is 10.7 Å². The highest BCUT2D eigenvalue weighted by atomic mass is 16.3. The maximum absolute atomic E-state index is 12.3. The molecule has 0 amide bonds. The Morgan fingerprint density at radius 2 is 2.08 bits per heavy atom. The molecule has 0 saturated carbocycles. The van der Waals surface area contributed by atoms with Crippen LogP contribution in [0.2, 0.25) is 0 Å². The van der Waals surface area contributed by atoms with E-state index in [0.29, 0.717) is 24.2 Å². The van der Waals surface area contributed by atoms with Gasteiger partial charge in [-0.25, -0.2) is 0 Å². The minimum atomic E-state index is -0.678. The third-order valence-corrected chi connectivity index (χ3v) is 4.02. The molecule has 1 atom stereocenters. The zero-order valence-corrected chi connectivity index (χ0v) is 13.8. The van der Waals surface area contributed by atoms with Crippen LogP contribution in [0.15, 0.2) is 47.4 Å². The summed E-state index contributed by atoms with van der Waals surface area (Å²) in [6.07, 6.45) is 0.979. The molecule has 0 spiro atoms. The Morgan fingerprint density at radius 1 is 1.25 bits per heavy atom. The van der Waals surface area contributed by atoms with Gasteiger partial charge in [0.1, 0.15) is 6.10 Å². The summed E-state index contributed by atoms with van der Waals surface area (Å²) in [7, 11) is 0. The fraction of sp³-hybridized carbons (Fsp3) is 0.263. The normalized spacial score (nSPS) is 12.5. The van der Waals surface area contributed by atoms with Gasteiger partial charge in [0.15, 0.2) is 5.43 Å². The molecule has 2 heterocycles. The standard InChI is InChI=1S/C19H21N3O2/c1-12-7-13(2)19-15(8-12)17(23)9-14(22-19)10-20-11-18(24)16-5-3-4-6-21-16/h3-9,18,20,24H,10-11H2,1-2H3,(H,22,23). The lowest BCUT2D eigenvalue weighted by Crippen LogP contribution is -2.23. The van der Waals surface area contributed by atoms with Crippen molar-refractivity contribution in [2.45, 2.75) is 26.5 Å². The topological polar surface area (TPSA) is 78.0 Å². The van der Waals surface area contributed by atoms with E-state index in [9.17, 15) is 9.90 Å². The largest absolute Gasteiger partial charge is 0.385 e. The van der Waals surface area contributed by atoms with Crippen molar-refractivity contribution in [1.29, 1.82) is 0 Å². The van der Waals surface area contributed by atoms with E-state index in [-0.39, 0.29) is 5.43 Å². The first-order valence-electron chi connectivity index (χ1n) is 7.97. The molecule has 124 valence electrons. The van der Waals surface area contributed by atoms with Gasteiger partial charge in [0.2, 0.25) is 0 Å². The van der Waals surface area contributed by atoms with Crippen molar-refractivity contribution in [3.8, 4) is 0 Å². The molecular formula is C19H21N3O2. The minimum absolute atomic E-state index is 0.0117. The van der Waals surface area contributed by atoms with Crippen LogP contribution >= 0.6 is 0 Å². The van der Waals surface area contributed by atoms with Gasteiger partial charge in [0.25, 0.3) is 0 Å². The monoisotopic (exact) mass is 323 g/mol. The summed E-state index contributed by atoms with van der Waals surface area (Å²) >= 11 is 0. The minimum Gasteiger partial charge on any atom is -0.385 e. The number of H-pyrrole nitrogens is 1. The van der Waals surface area contributed by atoms with E-state index in [2.05, 4.69) is 21.4 Å². The molecule has 3 N–H and O–H groups in total. The zero-order chi connectivity index (χ0) is 17.1. The van der Waals surface area contributed by atoms with Gasteiger partial charge >= 0.3 is 0 Å². The number of aryl methyl sites for hydroxylation is 2. The molecule has 0 saturated heterocycles. The summed E-state index contributed by atoms with van der Waals surface area (Å²) in [5.74, 6) is 0. The second kappa shape index (κ2) is 6.95. The van der Waals surface area contributed by atoms with Crippen molar-refractivity contribution in [3.63, 3.8) is 0 Å². The van der Waals surface area contributed by atoms with E-state index in [1.807, 2.05) is 32.0 Å². The predicted octanol–water partition coefficient (Wildman–Crippen LogP) is 2.36. The van der Waals surface area contributed by atoms with Gasteiger partial charge < -0.3 is 15.4 Å². The van der Waals surface area contributed by atoms with Gasteiger partial charge in [0, 0.05) is 36.4 Å². The van der Waals surface area contributed by atoms with Crippen LogP contribution in [0.25, 0.3) is 10.9 Å². The van der Waals surface area contributed by atoms with Crippen molar-refractivity contribution in [3.05, 3.63) is 75.3 Å². The number of aromatic amines is 1. The molecular weight excluding hydrogens is 302 g/mol. The quantitative estimate of drug-likeness (QED) is 0.673. The van der Waals surface area contributed by atoms with Gasteiger partial charge in [-0.3, -0.25) is 9.78 Å². The smallest absolute Gasteiger partial charge is 0.189 e. The lowest BCUT2D eigenvalue weighted by molar-refractivity contribution is 0.169. The molecule has 0 aliphatic carbocycles. The van der Waals surface area contributed by atoms with Crippen LogP contribution in [0.5, 0.6) is 0 Å². The molecule has 3 rings (SSSR count). The molecule has 3 aromatic rings. The second-order valence-electron chi connectivity index (χ2n) is 6.06. The number of rotatable bonds is 5. The Hall–Kier alpha value is -2.50. The first kappa shape index (κ1) is 16.4. The summed E-state index contributed by atoms with van der Waals surface area (Å²) in [5, 5.41) is 14.0. The van der Waals surface area contributed by atoms with Crippen molar-refractivity contribution < 1.29 is 5.11 Å². The molecule has 0 aliphatic rings. The lowest BCUT2D eigenvalue weighted by Gasteiger charge is -2.12. The van der Waals surface area contributed by atoms with Crippen LogP contribution in [-0.4, -0.2) is 21.6 Å². The summed E-state index contributed by atoms with van der Waals surface area (Å²) in [6.45, 7) is 4.82. The average molecular weight is 323 g/mol. The number of pyridine rings is 2. The van der Waals surface area contributed by atoms with Crippen LogP contribution in [0.4, 0.5) is 0 Å². The van der Waals surface area contributed by atoms with Crippen molar-refractivity contribution in [2.75, 3.05) is 6.54 Å². The molecule has 1 unspecified atom stereocenters. The van der Waals surface area contributed by atoms with E-state index in [1.165, 1.54) is 0 Å². The second-order valence-corrected chi connectivity index (χ2v) is 6.06. The predicted molar refractivity (Wildman–Crippen MR) is 94.9 cm³/mol. The van der Waals surface area contributed by atoms with Crippen molar-refractivity contribution >= 4 is 10.9 Å². The summed E-state index contributed by atoms with van der Waals surface area (Å²) in [5.41, 5.74) is 4.44. The van der Waals surface area contributed by atoms with E-state index in [1.54, 1.807) is 18.3 Å². The number of aliphatic hydroxyl groups excluding tert-OH is 1. The fourth-order valence-electron chi connectivity index (χ4n) is 2.88. The number of aliphatic hydroxyl groups is 1. The van der Waals surface area contributed by atoms with Crippen LogP contribution in [0.3, 0.4) is 0 Å². The van der Waals surface area contributed by atoms with Crippen molar-refractivity contribution in [2.24, 2.45) is 0 Å². The Morgan fingerprint density at radius 3 is 2.83 bits per heavy atom. The Labute approximate surface area is 140 Å². The van der Waals surface area contributed by atoms with Crippen molar-refractivity contribution in [1.82, 2.24) is 15.3 Å². The Balaban J connectivity index is 1.73. The lowest BCUT2D eigenvalue weighted by atomic mass is 10.1. The number of hydrogen-bond donors (Lipinski definition) is 3. The molecule has 0 radical (unpaired) electrons. The molecule has 0 bridgehead atoms. The highest BCUT2D eigenvalue weighted by Gasteiger charge is 2.09. The molecule has 0 fully saturated rings. The summed E-state index contributed by atoms with van der Waals surface area (Å²) < 4.78 is 0. The number of fused-ring (bicyclic) bond motifs is 1. The summed E-state index contributed by atoms with van der Waals surface area (Å²) in [6, 6.07) is 11.0.